The first-order valence-corrected chi connectivity index (χ1v) is 9.80. The molecule has 140 valence electrons. The molecule has 0 saturated carbocycles. The van der Waals surface area contributed by atoms with Crippen molar-refractivity contribution in [1.29, 1.82) is 0 Å². The van der Waals surface area contributed by atoms with Gasteiger partial charge >= 0.3 is 0 Å². The Morgan fingerprint density at radius 1 is 0.963 bits per heavy atom. The zero-order valence-electron chi connectivity index (χ0n) is 15.4. The first-order valence-electron chi connectivity index (χ1n) is 9.42. The van der Waals surface area contributed by atoms with Crippen LogP contribution in [0.4, 0.5) is 5.69 Å². The van der Waals surface area contributed by atoms with Crippen molar-refractivity contribution in [1.82, 2.24) is 5.32 Å². The Balaban J connectivity index is 1.76. The molecule has 2 heterocycles. The zero-order chi connectivity index (χ0) is 19.1. The van der Waals surface area contributed by atoms with Crippen LogP contribution in [0.5, 0.6) is 0 Å². The van der Waals surface area contributed by atoms with Crippen LogP contribution in [-0.2, 0) is 9.59 Å². The Morgan fingerprint density at radius 2 is 1.59 bits per heavy atom. The number of imide groups is 1. The Kier molecular flexibility index (Phi) is 4.79. The first-order chi connectivity index (χ1) is 13.0. The fourth-order valence-corrected chi connectivity index (χ4v) is 4.74. The van der Waals surface area contributed by atoms with Crippen LogP contribution >= 0.6 is 11.6 Å². The molecular weight excluding hydrogens is 360 g/mol. The number of rotatable bonds is 4. The standard InChI is InChI=1S/C22H23ClN2O2/c1-13(2)12-17-18-19(20(24-17)15-10-6-7-11-16(15)23)22(27)25(21(18)26)14-8-4-3-5-9-14/h3-11,13,17-20,24H,12H2,1-2H3. The second-order valence-electron chi connectivity index (χ2n) is 7.80. The van der Waals surface area contributed by atoms with E-state index in [4.69, 9.17) is 11.6 Å². The maximum atomic E-state index is 13.3. The highest BCUT2D eigenvalue weighted by Gasteiger charge is 2.59. The zero-order valence-corrected chi connectivity index (χ0v) is 16.2. The lowest BCUT2D eigenvalue weighted by molar-refractivity contribution is -0.123. The fraction of sp³-hybridized carbons (Fsp3) is 0.364. The monoisotopic (exact) mass is 382 g/mol. The highest BCUT2D eigenvalue weighted by atomic mass is 35.5. The normalized spacial score (nSPS) is 27.5. The molecule has 2 aliphatic rings. The summed E-state index contributed by atoms with van der Waals surface area (Å²) in [6.07, 6.45) is 0.837. The third kappa shape index (κ3) is 3.07. The Labute approximate surface area is 164 Å². The number of nitrogens with one attached hydrogen (secondary N) is 1. The van der Waals surface area contributed by atoms with E-state index in [0.717, 1.165) is 12.0 Å². The van der Waals surface area contributed by atoms with Crippen molar-refractivity contribution in [3.8, 4) is 0 Å². The van der Waals surface area contributed by atoms with Gasteiger partial charge in [-0.15, -0.1) is 0 Å². The van der Waals surface area contributed by atoms with E-state index in [-0.39, 0.29) is 29.8 Å². The third-order valence-electron chi connectivity index (χ3n) is 5.56. The molecule has 0 spiro atoms. The van der Waals surface area contributed by atoms with E-state index in [0.29, 0.717) is 16.6 Å². The predicted molar refractivity (Wildman–Crippen MR) is 106 cm³/mol. The molecule has 2 saturated heterocycles. The van der Waals surface area contributed by atoms with E-state index in [1.54, 1.807) is 0 Å². The third-order valence-corrected chi connectivity index (χ3v) is 5.91. The van der Waals surface area contributed by atoms with Crippen molar-refractivity contribution < 1.29 is 9.59 Å². The summed E-state index contributed by atoms with van der Waals surface area (Å²) in [6, 6.07) is 16.5. The van der Waals surface area contributed by atoms with Crippen LogP contribution in [0, 0.1) is 17.8 Å². The largest absolute Gasteiger partial charge is 0.306 e. The molecule has 4 nitrogen and oxygen atoms in total. The number of fused-ring (bicyclic) bond motifs is 1. The molecule has 2 aromatic rings. The van der Waals surface area contributed by atoms with Gasteiger partial charge < -0.3 is 5.32 Å². The highest BCUT2D eigenvalue weighted by molar-refractivity contribution is 6.31. The number of amides is 2. The molecule has 1 N–H and O–H groups in total. The number of carbonyl (C=O) groups excluding carboxylic acids is 2. The summed E-state index contributed by atoms with van der Waals surface area (Å²) in [6.45, 7) is 4.27. The van der Waals surface area contributed by atoms with Crippen molar-refractivity contribution in [3.63, 3.8) is 0 Å². The molecule has 2 fully saturated rings. The van der Waals surface area contributed by atoms with E-state index >= 15 is 0 Å². The van der Waals surface area contributed by atoms with Crippen LogP contribution in [0.25, 0.3) is 0 Å². The van der Waals surface area contributed by atoms with Gasteiger partial charge in [0.25, 0.3) is 0 Å². The minimum atomic E-state index is -0.429. The number of hydrogen-bond donors (Lipinski definition) is 1. The predicted octanol–water partition coefficient (Wildman–Crippen LogP) is 4.20. The Hall–Kier alpha value is -2.17. The van der Waals surface area contributed by atoms with Gasteiger partial charge in [0.1, 0.15) is 0 Å². The summed E-state index contributed by atoms with van der Waals surface area (Å²) >= 11 is 6.44. The second-order valence-corrected chi connectivity index (χ2v) is 8.21. The van der Waals surface area contributed by atoms with E-state index in [9.17, 15) is 9.59 Å². The van der Waals surface area contributed by atoms with Gasteiger partial charge in [0.05, 0.1) is 17.5 Å². The summed E-state index contributed by atoms with van der Waals surface area (Å²) in [5.41, 5.74) is 1.53. The molecule has 5 heteroatoms. The quantitative estimate of drug-likeness (QED) is 0.806. The highest BCUT2D eigenvalue weighted by Crippen LogP contribution is 2.47. The van der Waals surface area contributed by atoms with Gasteiger partial charge in [-0.05, 0) is 36.1 Å². The van der Waals surface area contributed by atoms with Gasteiger partial charge in [-0.3, -0.25) is 9.59 Å². The molecule has 0 aromatic heterocycles. The molecule has 27 heavy (non-hydrogen) atoms. The molecule has 0 bridgehead atoms. The Bertz CT molecular complexity index is 868. The van der Waals surface area contributed by atoms with Gasteiger partial charge in [0.2, 0.25) is 11.8 Å². The summed E-state index contributed by atoms with van der Waals surface area (Å²) in [5, 5.41) is 4.18. The topological polar surface area (TPSA) is 49.4 Å². The number of carbonyl (C=O) groups is 2. The molecule has 2 aliphatic heterocycles. The van der Waals surface area contributed by atoms with Crippen molar-refractivity contribution in [2.75, 3.05) is 4.90 Å². The van der Waals surface area contributed by atoms with Crippen LogP contribution in [0.3, 0.4) is 0 Å². The lowest BCUT2D eigenvalue weighted by Gasteiger charge is -2.24. The molecule has 2 amide bonds. The molecule has 2 aromatic carbocycles. The average molecular weight is 383 g/mol. The maximum Gasteiger partial charge on any atom is 0.239 e. The summed E-state index contributed by atoms with van der Waals surface area (Å²) in [7, 11) is 0. The number of hydrogen-bond acceptors (Lipinski definition) is 3. The summed E-state index contributed by atoms with van der Waals surface area (Å²) in [5.74, 6) is -0.617. The molecule has 4 rings (SSSR count). The van der Waals surface area contributed by atoms with Crippen molar-refractivity contribution in [2.45, 2.75) is 32.4 Å². The van der Waals surface area contributed by atoms with E-state index in [2.05, 4.69) is 19.2 Å². The fourth-order valence-electron chi connectivity index (χ4n) is 4.49. The van der Waals surface area contributed by atoms with Crippen LogP contribution in [0.2, 0.25) is 5.02 Å². The average Bonchev–Trinajstić information content (AvgIpc) is 3.13. The molecule has 4 unspecified atom stereocenters. The number of para-hydroxylation sites is 1. The van der Waals surface area contributed by atoms with E-state index in [1.807, 2.05) is 54.6 Å². The number of anilines is 1. The molecule has 4 atom stereocenters. The first kappa shape index (κ1) is 18.2. The second kappa shape index (κ2) is 7.10. The lowest BCUT2D eigenvalue weighted by atomic mass is 9.84. The summed E-state index contributed by atoms with van der Waals surface area (Å²) in [4.78, 5) is 28.0. The van der Waals surface area contributed by atoms with E-state index < -0.39 is 5.92 Å². The smallest absolute Gasteiger partial charge is 0.239 e. The number of nitrogens with zero attached hydrogens (tertiary/aromatic N) is 1. The van der Waals surface area contributed by atoms with Gasteiger partial charge in [0.15, 0.2) is 0 Å². The molecule has 0 aliphatic carbocycles. The van der Waals surface area contributed by atoms with Crippen LogP contribution in [0.15, 0.2) is 54.6 Å². The van der Waals surface area contributed by atoms with Crippen molar-refractivity contribution >= 4 is 29.1 Å². The van der Waals surface area contributed by atoms with E-state index in [1.165, 1.54) is 4.90 Å². The van der Waals surface area contributed by atoms with Gasteiger partial charge in [-0.2, -0.15) is 0 Å². The number of benzene rings is 2. The van der Waals surface area contributed by atoms with Crippen LogP contribution in [-0.4, -0.2) is 17.9 Å². The molecular formula is C22H23ClN2O2. The van der Waals surface area contributed by atoms with Gasteiger partial charge in [0, 0.05) is 17.1 Å². The van der Waals surface area contributed by atoms with Gasteiger partial charge in [-0.1, -0.05) is 61.8 Å². The van der Waals surface area contributed by atoms with Crippen LogP contribution < -0.4 is 10.2 Å². The Morgan fingerprint density at radius 3 is 2.26 bits per heavy atom. The van der Waals surface area contributed by atoms with Gasteiger partial charge in [-0.25, -0.2) is 4.90 Å². The van der Waals surface area contributed by atoms with Crippen LogP contribution in [0.1, 0.15) is 31.9 Å². The minimum Gasteiger partial charge on any atom is -0.306 e. The lowest BCUT2D eigenvalue weighted by Crippen LogP contribution is -2.40. The minimum absolute atomic E-state index is 0.0403. The number of halogens is 1. The van der Waals surface area contributed by atoms with Crippen molar-refractivity contribution in [3.05, 3.63) is 65.2 Å². The summed E-state index contributed by atoms with van der Waals surface area (Å²) < 4.78 is 0. The SMILES string of the molecule is CC(C)CC1NC(c2ccccc2Cl)C2C(=O)N(c3ccccc3)C(=O)C12. The molecule has 0 radical (unpaired) electrons. The van der Waals surface area contributed by atoms with Crippen molar-refractivity contribution in [2.24, 2.45) is 17.8 Å². The maximum absolute atomic E-state index is 13.3.